The zero-order chi connectivity index (χ0) is 14.4. The lowest BCUT2D eigenvalue weighted by molar-refractivity contribution is -0.142. The summed E-state index contributed by atoms with van der Waals surface area (Å²) in [5, 5.41) is 13.5. The molecule has 2 atom stereocenters. The molecule has 1 rings (SSSR count). The number of nitrogens with two attached hydrogens (primary N) is 1. The fraction of sp³-hybridized carbons (Fsp3) is 0.545. The molecule has 0 bridgehead atoms. The van der Waals surface area contributed by atoms with Crippen LogP contribution in [0.5, 0.6) is 0 Å². The Hall–Kier alpha value is -2.09. The molecule has 8 nitrogen and oxygen atoms in total. The van der Waals surface area contributed by atoms with Gasteiger partial charge in [-0.2, -0.15) is 0 Å². The molecule has 0 aromatic carbocycles. The van der Waals surface area contributed by atoms with E-state index >= 15 is 0 Å². The third-order valence-electron chi connectivity index (χ3n) is 2.62. The van der Waals surface area contributed by atoms with E-state index in [2.05, 4.69) is 15.0 Å². The lowest BCUT2D eigenvalue weighted by Gasteiger charge is -2.16. The van der Waals surface area contributed by atoms with Gasteiger partial charge in [-0.15, -0.1) is 0 Å². The van der Waals surface area contributed by atoms with Gasteiger partial charge in [-0.05, 0) is 6.42 Å². The molecule has 0 fully saturated rings. The lowest BCUT2D eigenvalue weighted by atomic mass is 10.1. The average molecular weight is 271 g/mol. The van der Waals surface area contributed by atoms with E-state index in [4.69, 9.17) is 10.8 Å². The van der Waals surface area contributed by atoms with Gasteiger partial charge in [0.05, 0.1) is 11.6 Å². The number of aromatic amines is 1. The summed E-state index contributed by atoms with van der Waals surface area (Å²) >= 11 is 0. The molecule has 1 heterocycles. The summed E-state index contributed by atoms with van der Waals surface area (Å²) < 4.78 is 4.44. The zero-order valence-electron chi connectivity index (χ0n) is 10.5. The van der Waals surface area contributed by atoms with Crippen molar-refractivity contribution < 1.29 is 19.2 Å². The van der Waals surface area contributed by atoms with Crippen molar-refractivity contribution in [1.82, 2.24) is 10.5 Å². The third kappa shape index (κ3) is 4.25. The van der Waals surface area contributed by atoms with Gasteiger partial charge in [0, 0.05) is 12.6 Å². The van der Waals surface area contributed by atoms with Crippen LogP contribution in [0.4, 0.5) is 0 Å². The van der Waals surface area contributed by atoms with E-state index in [9.17, 15) is 14.4 Å². The second-order valence-corrected chi connectivity index (χ2v) is 4.18. The van der Waals surface area contributed by atoms with E-state index < -0.39 is 29.6 Å². The Labute approximate surface area is 108 Å². The predicted octanol–water partition coefficient (Wildman–Crippen LogP) is -0.793. The summed E-state index contributed by atoms with van der Waals surface area (Å²) in [5.74, 6) is -1.72. The first-order valence-electron chi connectivity index (χ1n) is 5.90. The highest BCUT2D eigenvalue weighted by molar-refractivity contribution is 5.86. The van der Waals surface area contributed by atoms with Crippen LogP contribution in [0.15, 0.2) is 15.5 Å². The molecular weight excluding hydrogens is 254 g/mol. The smallest absolute Gasteiger partial charge is 0.360 e. The summed E-state index contributed by atoms with van der Waals surface area (Å²) in [6.45, 7) is 1.81. The molecule has 1 amide bonds. The van der Waals surface area contributed by atoms with Crippen LogP contribution in [0.2, 0.25) is 0 Å². The lowest BCUT2D eigenvalue weighted by Crippen LogP contribution is -2.49. The van der Waals surface area contributed by atoms with E-state index in [-0.39, 0.29) is 12.0 Å². The molecule has 0 spiro atoms. The number of aliphatic carboxylic acids is 1. The minimum absolute atomic E-state index is 0.0177. The van der Waals surface area contributed by atoms with E-state index in [0.717, 1.165) is 0 Å². The van der Waals surface area contributed by atoms with Crippen molar-refractivity contribution in [3.63, 3.8) is 0 Å². The molecule has 5 N–H and O–H groups in total. The Morgan fingerprint density at radius 2 is 2.26 bits per heavy atom. The fourth-order valence-electron chi connectivity index (χ4n) is 1.58. The second kappa shape index (κ2) is 6.74. The van der Waals surface area contributed by atoms with Crippen molar-refractivity contribution >= 4 is 11.9 Å². The van der Waals surface area contributed by atoms with E-state index in [1.165, 1.54) is 6.20 Å². The van der Waals surface area contributed by atoms with Gasteiger partial charge < -0.3 is 20.7 Å². The zero-order valence-corrected chi connectivity index (χ0v) is 10.5. The molecule has 0 unspecified atom stereocenters. The number of carbonyl (C=O) groups is 2. The number of carboxylic acid groups (broad SMARTS) is 1. The van der Waals surface area contributed by atoms with E-state index in [1.807, 2.05) is 6.92 Å². The maximum Gasteiger partial charge on any atom is 0.360 e. The van der Waals surface area contributed by atoms with Crippen molar-refractivity contribution in [2.75, 3.05) is 0 Å². The number of hydrogen-bond acceptors (Lipinski definition) is 5. The second-order valence-electron chi connectivity index (χ2n) is 4.18. The van der Waals surface area contributed by atoms with Crippen molar-refractivity contribution in [2.24, 2.45) is 5.73 Å². The molecule has 0 radical (unpaired) electrons. The van der Waals surface area contributed by atoms with Gasteiger partial charge in [0.2, 0.25) is 5.91 Å². The van der Waals surface area contributed by atoms with Gasteiger partial charge in [0.25, 0.3) is 0 Å². The van der Waals surface area contributed by atoms with Crippen LogP contribution in [0.1, 0.15) is 25.3 Å². The SMILES string of the molecule is CCC[C@H](NC(=O)[C@@H](N)Cc1c[nH]oc1=O)C(=O)O. The van der Waals surface area contributed by atoms with Gasteiger partial charge in [-0.25, -0.2) is 14.7 Å². The molecule has 0 aliphatic rings. The average Bonchev–Trinajstić information content (AvgIpc) is 2.74. The number of H-pyrrole nitrogens is 1. The Kier molecular flexibility index (Phi) is 5.31. The quantitative estimate of drug-likeness (QED) is 0.512. The topological polar surface area (TPSA) is 138 Å². The summed E-state index contributed by atoms with van der Waals surface area (Å²) in [6, 6.07) is -1.97. The molecule has 0 saturated carbocycles. The minimum atomic E-state index is -1.11. The van der Waals surface area contributed by atoms with Crippen LogP contribution in [0.25, 0.3) is 0 Å². The summed E-state index contributed by atoms with van der Waals surface area (Å²) in [6.07, 6.45) is 2.24. The normalized spacial score (nSPS) is 13.8. The first-order chi connectivity index (χ1) is 8.95. The van der Waals surface area contributed by atoms with Crippen molar-refractivity contribution in [3.05, 3.63) is 22.2 Å². The maximum atomic E-state index is 11.7. The maximum absolute atomic E-state index is 11.7. The molecule has 1 aromatic rings. The number of carbonyl (C=O) groups excluding carboxylic acids is 1. The van der Waals surface area contributed by atoms with Gasteiger partial charge in [0.1, 0.15) is 6.04 Å². The predicted molar refractivity (Wildman–Crippen MR) is 65.5 cm³/mol. The third-order valence-corrected chi connectivity index (χ3v) is 2.62. The molecule has 106 valence electrons. The van der Waals surface area contributed by atoms with Crippen LogP contribution >= 0.6 is 0 Å². The minimum Gasteiger partial charge on any atom is -0.480 e. The standard InChI is InChI=1S/C11H17N3O5/c1-2-3-8(10(16)17)14-9(15)7(12)4-6-5-13-19-11(6)18/h5,7-8,13H,2-4,12H2,1H3,(H,14,15)(H,16,17)/t7-,8-/m0/s1. The van der Waals surface area contributed by atoms with Crippen LogP contribution < -0.4 is 16.7 Å². The van der Waals surface area contributed by atoms with Crippen LogP contribution in [-0.2, 0) is 16.0 Å². The first-order valence-corrected chi connectivity index (χ1v) is 5.90. The molecule has 0 saturated heterocycles. The number of nitrogens with one attached hydrogen (secondary N) is 2. The fourth-order valence-corrected chi connectivity index (χ4v) is 1.58. The monoisotopic (exact) mass is 271 g/mol. The summed E-state index contributed by atoms with van der Waals surface area (Å²) in [7, 11) is 0. The number of rotatable bonds is 7. The Balaban J connectivity index is 2.59. The van der Waals surface area contributed by atoms with Gasteiger partial charge >= 0.3 is 11.6 Å². The van der Waals surface area contributed by atoms with Crippen LogP contribution in [-0.4, -0.2) is 34.2 Å². The molecule has 0 aliphatic carbocycles. The molecule has 1 aromatic heterocycles. The van der Waals surface area contributed by atoms with Crippen LogP contribution in [0.3, 0.4) is 0 Å². The number of carboxylic acids is 1. The number of amides is 1. The largest absolute Gasteiger partial charge is 0.480 e. The number of hydrogen-bond donors (Lipinski definition) is 4. The highest BCUT2D eigenvalue weighted by Crippen LogP contribution is 2.00. The van der Waals surface area contributed by atoms with Gasteiger partial charge in [0.15, 0.2) is 0 Å². The van der Waals surface area contributed by atoms with E-state index in [1.54, 1.807) is 0 Å². The Morgan fingerprint density at radius 1 is 1.58 bits per heavy atom. The van der Waals surface area contributed by atoms with E-state index in [0.29, 0.717) is 12.8 Å². The Bertz CT molecular complexity index is 493. The highest BCUT2D eigenvalue weighted by Gasteiger charge is 2.23. The molecule has 0 aliphatic heterocycles. The van der Waals surface area contributed by atoms with Crippen molar-refractivity contribution in [2.45, 2.75) is 38.3 Å². The first kappa shape index (κ1) is 15.0. The van der Waals surface area contributed by atoms with Crippen molar-refractivity contribution in [3.8, 4) is 0 Å². The highest BCUT2D eigenvalue weighted by atomic mass is 16.5. The van der Waals surface area contributed by atoms with Gasteiger partial charge in [-0.3, -0.25) is 4.79 Å². The number of aromatic nitrogens is 1. The molecular formula is C11H17N3O5. The van der Waals surface area contributed by atoms with Crippen molar-refractivity contribution in [1.29, 1.82) is 0 Å². The summed E-state index contributed by atoms with van der Waals surface area (Å²) in [5.41, 5.74) is 5.27. The molecule has 19 heavy (non-hydrogen) atoms. The van der Waals surface area contributed by atoms with Gasteiger partial charge in [-0.1, -0.05) is 13.3 Å². The van der Waals surface area contributed by atoms with Crippen LogP contribution in [0, 0.1) is 0 Å². The molecule has 8 heteroatoms. The Morgan fingerprint density at radius 3 is 2.74 bits per heavy atom. The summed E-state index contributed by atoms with van der Waals surface area (Å²) in [4.78, 5) is 33.8.